The number of piperazine rings is 1. The van der Waals surface area contributed by atoms with Gasteiger partial charge in [-0.05, 0) is 18.4 Å². The van der Waals surface area contributed by atoms with Gasteiger partial charge in [0.25, 0.3) is 0 Å². The van der Waals surface area contributed by atoms with Crippen molar-refractivity contribution in [1.29, 1.82) is 0 Å². The topological polar surface area (TPSA) is 52.7 Å². The quantitative estimate of drug-likeness (QED) is 0.829. The van der Waals surface area contributed by atoms with Crippen molar-refractivity contribution in [2.75, 3.05) is 26.2 Å². The summed E-state index contributed by atoms with van der Waals surface area (Å²) in [5.41, 5.74) is 1.28. The third-order valence-corrected chi connectivity index (χ3v) is 4.02. The molecule has 0 atom stereocenters. The predicted molar refractivity (Wildman–Crippen MR) is 79.5 cm³/mol. The van der Waals surface area contributed by atoms with Crippen LogP contribution in [-0.2, 0) is 16.1 Å². The molecule has 2 aliphatic rings. The fraction of sp³-hybridized carbons (Fsp3) is 0.500. The van der Waals surface area contributed by atoms with Crippen LogP contribution in [0, 0.1) is 0 Å². The molecule has 0 unspecified atom stereocenters. The van der Waals surface area contributed by atoms with Gasteiger partial charge < -0.3 is 10.2 Å². The second-order valence-electron chi connectivity index (χ2n) is 5.80. The van der Waals surface area contributed by atoms with Crippen molar-refractivity contribution >= 4 is 11.8 Å². The molecule has 5 heteroatoms. The van der Waals surface area contributed by atoms with Gasteiger partial charge in [0.2, 0.25) is 0 Å². The highest BCUT2D eigenvalue weighted by atomic mass is 16.2. The Bertz CT molecular complexity index is 506. The van der Waals surface area contributed by atoms with Gasteiger partial charge in [0.05, 0.1) is 0 Å². The Balaban J connectivity index is 1.46. The number of carbonyl (C=O) groups is 2. The van der Waals surface area contributed by atoms with Crippen LogP contribution in [0.5, 0.6) is 0 Å². The Hall–Kier alpha value is -1.88. The standard InChI is InChI=1S/C16H21N3O2/c20-15(17-14-6-7-14)16(21)19-10-8-18(9-11-19)12-13-4-2-1-3-5-13/h1-5,14H,6-12H2,(H,17,20). The largest absolute Gasteiger partial charge is 0.345 e. The molecule has 0 bridgehead atoms. The maximum Gasteiger partial charge on any atom is 0.311 e. The molecule has 1 heterocycles. The van der Waals surface area contributed by atoms with Crippen LogP contribution >= 0.6 is 0 Å². The lowest BCUT2D eigenvalue weighted by Gasteiger charge is -2.34. The first-order chi connectivity index (χ1) is 10.2. The van der Waals surface area contributed by atoms with E-state index < -0.39 is 5.91 Å². The Labute approximate surface area is 124 Å². The maximum absolute atomic E-state index is 12.0. The Morgan fingerprint density at radius 3 is 2.33 bits per heavy atom. The first kappa shape index (κ1) is 14.1. The molecular weight excluding hydrogens is 266 g/mol. The SMILES string of the molecule is O=C(NC1CC1)C(=O)N1CCN(Cc2ccccc2)CC1. The molecule has 1 aliphatic carbocycles. The molecule has 112 valence electrons. The molecule has 1 saturated carbocycles. The van der Waals surface area contributed by atoms with Crippen molar-refractivity contribution in [2.24, 2.45) is 0 Å². The van der Waals surface area contributed by atoms with E-state index in [0.29, 0.717) is 13.1 Å². The third-order valence-electron chi connectivity index (χ3n) is 4.02. The molecular formula is C16H21N3O2. The molecule has 2 fully saturated rings. The number of hydrogen-bond acceptors (Lipinski definition) is 3. The zero-order valence-corrected chi connectivity index (χ0v) is 12.1. The van der Waals surface area contributed by atoms with Gasteiger partial charge in [-0.25, -0.2) is 0 Å². The molecule has 0 aromatic heterocycles. The van der Waals surface area contributed by atoms with Crippen molar-refractivity contribution in [3.05, 3.63) is 35.9 Å². The zero-order chi connectivity index (χ0) is 14.7. The van der Waals surface area contributed by atoms with Crippen LogP contribution in [0.15, 0.2) is 30.3 Å². The first-order valence-electron chi connectivity index (χ1n) is 7.58. The molecule has 0 spiro atoms. The van der Waals surface area contributed by atoms with Gasteiger partial charge in [0.1, 0.15) is 0 Å². The number of carbonyl (C=O) groups excluding carboxylic acids is 2. The molecule has 1 aromatic carbocycles. The average molecular weight is 287 g/mol. The summed E-state index contributed by atoms with van der Waals surface area (Å²) in [7, 11) is 0. The van der Waals surface area contributed by atoms with Gasteiger partial charge in [-0.1, -0.05) is 30.3 Å². The molecule has 3 rings (SSSR count). The summed E-state index contributed by atoms with van der Waals surface area (Å²) >= 11 is 0. The molecule has 5 nitrogen and oxygen atoms in total. The van der Waals surface area contributed by atoms with E-state index in [2.05, 4.69) is 22.3 Å². The van der Waals surface area contributed by atoms with E-state index >= 15 is 0 Å². The number of benzene rings is 1. The predicted octanol–water partition coefficient (Wildman–Crippen LogP) is 0.609. The molecule has 1 aromatic rings. The summed E-state index contributed by atoms with van der Waals surface area (Å²) in [6.45, 7) is 3.79. The minimum atomic E-state index is -0.436. The number of amides is 2. The lowest BCUT2D eigenvalue weighted by molar-refractivity contribution is -0.147. The number of rotatable bonds is 3. The highest BCUT2D eigenvalue weighted by Crippen LogP contribution is 2.18. The number of hydrogen-bond donors (Lipinski definition) is 1. The summed E-state index contributed by atoms with van der Waals surface area (Å²) < 4.78 is 0. The van der Waals surface area contributed by atoms with Crippen molar-refractivity contribution in [3.63, 3.8) is 0 Å². The van der Waals surface area contributed by atoms with E-state index in [4.69, 9.17) is 0 Å². The van der Waals surface area contributed by atoms with Crippen molar-refractivity contribution in [3.8, 4) is 0 Å². The highest BCUT2D eigenvalue weighted by Gasteiger charge is 2.30. The van der Waals surface area contributed by atoms with Gasteiger partial charge in [0, 0.05) is 38.8 Å². The second kappa shape index (κ2) is 6.26. The summed E-state index contributed by atoms with van der Waals surface area (Å²) in [6, 6.07) is 10.6. The molecule has 2 amide bonds. The van der Waals surface area contributed by atoms with E-state index in [-0.39, 0.29) is 11.9 Å². The zero-order valence-electron chi connectivity index (χ0n) is 12.1. The van der Waals surface area contributed by atoms with Gasteiger partial charge in [-0.3, -0.25) is 14.5 Å². The van der Waals surface area contributed by atoms with Crippen LogP contribution in [0.3, 0.4) is 0 Å². The molecule has 21 heavy (non-hydrogen) atoms. The molecule has 1 N–H and O–H groups in total. The first-order valence-corrected chi connectivity index (χ1v) is 7.58. The summed E-state index contributed by atoms with van der Waals surface area (Å²) in [5, 5.41) is 2.76. The number of nitrogens with one attached hydrogen (secondary N) is 1. The van der Waals surface area contributed by atoms with Crippen LogP contribution < -0.4 is 5.32 Å². The minimum absolute atomic E-state index is 0.237. The van der Waals surface area contributed by atoms with E-state index in [1.54, 1.807) is 4.90 Å². The lowest BCUT2D eigenvalue weighted by atomic mass is 10.2. The minimum Gasteiger partial charge on any atom is -0.345 e. The monoisotopic (exact) mass is 287 g/mol. The normalized spacial score (nSPS) is 19.3. The summed E-state index contributed by atoms with van der Waals surface area (Å²) in [4.78, 5) is 27.8. The summed E-state index contributed by atoms with van der Waals surface area (Å²) in [5.74, 6) is -0.810. The van der Waals surface area contributed by atoms with Crippen LogP contribution in [0.25, 0.3) is 0 Å². The second-order valence-corrected chi connectivity index (χ2v) is 5.80. The van der Waals surface area contributed by atoms with Crippen LogP contribution in [0.2, 0.25) is 0 Å². The number of nitrogens with zero attached hydrogens (tertiary/aromatic N) is 2. The maximum atomic E-state index is 12.0. The lowest BCUT2D eigenvalue weighted by Crippen LogP contribution is -2.52. The van der Waals surface area contributed by atoms with Gasteiger partial charge in [0.15, 0.2) is 0 Å². The average Bonchev–Trinajstić information content (AvgIpc) is 3.32. The molecule has 0 radical (unpaired) electrons. The van der Waals surface area contributed by atoms with E-state index in [1.807, 2.05) is 18.2 Å². The smallest absolute Gasteiger partial charge is 0.311 e. The third kappa shape index (κ3) is 3.82. The van der Waals surface area contributed by atoms with E-state index in [0.717, 1.165) is 32.5 Å². The Morgan fingerprint density at radius 1 is 1.05 bits per heavy atom. The van der Waals surface area contributed by atoms with Crippen molar-refractivity contribution < 1.29 is 9.59 Å². The van der Waals surface area contributed by atoms with Gasteiger partial charge >= 0.3 is 11.8 Å². The summed E-state index contributed by atoms with van der Waals surface area (Å²) in [6.07, 6.45) is 2.01. The van der Waals surface area contributed by atoms with Crippen molar-refractivity contribution in [1.82, 2.24) is 15.1 Å². The Morgan fingerprint density at radius 2 is 1.71 bits per heavy atom. The fourth-order valence-corrected chi connectivity index (χ4v) is 2.57. The highest BCUT2D eigenvalue weighted by molar-refractivity contribution is 6.35. The van der Waals surface area contributed by atoms with Crippen LogP contribution in [-0.4, -0.2) is 53.8 Å². The van der Waals surface area contributed by atoms with Gasteiger partial charge in [-0.2, -0.15) is 0 Å². The van der Waals surface area contributed by atoms with E-state index in [1.165, 1.54) is 5.56 Å². The Kier molecular flexibility index (Phi) is 4.20. The van der Waals surface area contributed by atoms with Gasteiger partial charge in [-0.15, -0.1) is 0 Å². The molecule has 1 saturated heterocycles. The van der Waals surface area contributed by atoms with Crippen LogP contribution in [0.4, 0.5) is 0 Å². The van der Waals surface area contributed by atoms with Crippen molar-refractivity contribution in [2.45, 2.75) is 25.4 Å². The van der Waals surface area contributed by atoms with Crippen LogP contribution in [0.1, 0.15) is 18.4 Å². The fourth-order valence-electron chi connectivity index (χ4n) is 2.57. The molecule has 1 aliphatic heterocycles. The van der Waals surface area contributed by atoms with E-state index in [9.17, 15) is 9.59 Å².